The van der Waals surface area contributed by atoms with Crippen molar-refractivity contribution in [3.8, 4) is 17.2 Å². The predicted molar refractivity (Wildman–Crippen MR) is 119 cm³/mol. The summed E-state index contributed by atoms with van der Waals surface area (Å²) < 4.78 is 61.1. The van der Waals surface area contributed by atoms with Crippen LogP contribution in [0.25, 0.3) is 0 Å². The lowest BCUT2D eigenvalue weighted by Gasteiger charge is -2.16. The maximum Gasteiger partial charge on any atom is 0.320 e. The Bertz CT molecular complexity index is 1260. The van der Waals surface area contributed by atoms with Gasteiger partial charge in [0.05, 0.1) is 12.8 Å². The zero-order valence-corrected chi connectivity index (χ0v) is 18.1. The number of anilines is 2. The maximum absolute atomic E-state index is 14.2. The average molecular weight is 488 g/mol. The van der Waals surface area contributed by atoms with Crippen LogP contribution in [-0.2, 0) is 11.3 Å². The number of amides is 2. The summed E-state index contributed by atoms with van der Waals surface area (Å²) in [5.74, 6) is -0.558. The van der Waals surface area contributed by atoms with Crippen molar-refractivity contribution < 1.29 is 31.8 Å². The summed E-state index contributed by atoms with van der Waals surface area (Å²) >= 11 is -2.16. The van der Waals surface area contributed by atoms with E-state index in [4.69, 9.17) is 14.0 Å². The van der Waals surface area contributed by atoms with Crippen molar-refractivity contribution in [2.24, 2.45) is 5.92 Å². The first-order chi connectivity index (χ1) is 16.4. The Kier molecular flexibility index (Phi) is 5.75. The second-order valence-electron chi connectivity index (χ2n) is 7.75. The largest absolute Gasteiger partial charge is 0.490 e. The monoisotopic (exact) mass is 488 g/mol. The van der Waals surface area contributed by atoms with E-state index in [1.165, 1.54) is 6.20 Å². The molecule has 1 saturated carbocycles. The highest BCUT2D eigenvalue weighted by atomic mass is 32.2. The maximum atomic E-state index is 14.2. The van der Waals surface area contributed by atoms with Crippen LogP contribution in [0.2, 0.25) is 0 Å². The standard InChI is InChI=1S/C22H18F2N4O5S/c23-15-6-7-16(24)21-19(15)18-14(10-32-21)20(18)27-22(29)26-17-8-5-13(9-25-17)33-12-3-1-11(2-4-12)28-34(30)31/h1-9,14,18,20,28H,10H2,(H,30,31)(H2,25,26,27,29)/t14-,18-,20-/m1/s1. The summed E-state index contributed by atoms with van der Waals surface area (Å²) in [7, 11) is 0. The number of ether oxygens (including phenoxy) is 2. The lowest BCUT2D eigenvalue weighted by Crippen LogP contribution is -2.32. The smallest absolute Gasteiger partial charge is 0.320 e. The van der Waals surface area contributed by atoms with E-state index in [2.05, 4.69) is 20.3 Å². The van der Waals surface area contributed by atoms with Crippen molar-refractivity contribution in [1.82, 2.24) is 10.3 Å². The summed E-state index contributed by atoms with van der Waals surface area (Å²) in [6.07, 6.45) is 1.42. The van der Waals surface area contributed by atoms with Crippen molar-refractivity contribution in [1.29, 1.82) is 0 Å². The normalized spacial score (nSPS) is 20.7. The molecule has 1 fully saturated rings. The van der Waals surface area contributed by atoms with Crippen molar-refractivity contribution in [3.05, 3.63) is 71.9 Å². The number of urea groups is 1. The molecule has 0 spiro atoms. The number of nitrogens with one attached hydrogen (secondary N) is 3. The number of hydrogen-bond acceptors (Lipinski definition) is 5. The van der Waals surface area contributed by atoms with Gasteiger partial charge in [-0.05, 0) is 48.5 Å². The van der Waals surface area contributed by atoms with Gasteiger partial charge in [0.1, 0.15) is 23.1 Å². The molecule has 4 atom stereocenters. The molecular weight excluding hydrogens is 470 g/mol. The highest BCUT2D eigenvalue weighted by molar-refractivity contribution is 7.80. The minimum atomic E-state index is -2.16. The van der Waals surface area contributed by atoms with Crippen LogP contribution in [0.1, 0.15) is 11.5 Å². The molecule has 1 aromatic heterocycles. The molecule has 1 aliphatic heterocycles. The molecule has 5 rings (SSSR count). The van der Waals surface area contributed by atoms with Gasteiger partial charge >= 0.3 is 6.03 Å². The summed E-state index contributed by atoms with van der Waals surface area (Å²) in [5, 5.41) is 5.37. The summed E-state index contributed by atoms with van der Waals surface area (Å²) in [6, 6.07) is 10.7. The molecule has 3 aromatic rings. The fraction of sp³-hybridized carbons (Fsp3) is 0.182. The fourth-order valence-electron chi connectivity index (χ4n) is 4.00. The zero-order valence-electron chi connectivity index (χ0n) is 17.3. The van der Waals surface area contributed by atoms with E-state index in [0.717, 1.165) is 12.1 Å². The molecule has 12 heteroatoms. The molecule has 1 unspecified atom stereocenters. The van der Waals surface area contributed by atoms with Crippen molar-refractivity contribution in [3.63, 3.8) is 0 Å². The van der Waals surface area contributed by atoms with Crippen LogP contribution < -0.4 is 24.8 Å². The zero-order chi connectivity index (χ0) is 23.8. The summed E-state index contributed by atoms with van der Waals surface area (Å²) in [4.78, 5) is 16.5. The van der Waals surface area contributed by atoms with Crippen LogP contribution in [0.5, 0.6) is 17.2 Å². The van der Waals surface area contributed by atoms with E-state index in [1.807, 2.05) is 0 Å². The molecule has 34 heavy (non-hydrogen) atoms. The number of pyridine rings is 1. The molecule has 0 saturated heterocycles. The van der Waals surface area contributed by atoms with E-state index in [9.17, 15) is 17.8 Å². The first-order valence-electron chi connectivity index (χ1n) is 10.2. The highest BCUT2D eigenvalue weighted by Gasteiger charge is 2.57. The van der Waals surface area contributed by atoms with Crippen molar-refractivity contribution in [2.45, 2.75) is 12.0 Å². The van der Waals surface area contributed by atoms with Crippen LogP contribution in [0.4, 0.5) is 25.1 Å². The molecule has 2 heterocycles. The first kappa shape index (κ1) is 22.0. The van der Waals surface area contributed by atoms with Gasteiger partial charge in [0.2, 0.25) is 0 Å². The highest BCUT2D eigenvalue weighted by Crippen LogP contribution is 2.55. The summed E-state index contributed by atoms with van der Waals surface area (Å²) in [6.45, 7) is 0.197. The quantitative estimate of drug-likeness (QED) is 0.389. The SMILES string of the molecule is O=C(Nc1ccc(Oc2ccc(NS(=O)O)cc2)cn1)N[C@@H]1[C@@H]2COc3c(F)ccc(F)c3[C@@H]21. The van der Waals surface area contributed by atoms with Gasteiger partial charge in [-0.15, -0.1) is 0 Å². The molecule has 9 nitrogen and oxygen atoms in total. The molecule has 4 N–H and O–H groups in total. The van der Waals surface area contributed by atoms with Crippen LogP contribution in [0.15, 0.2) is 54.7 Å². The Morgan fingerprint density at radius 3 is 2.53 bits per heavy atom. The van der Waals surface area contributed by atoms with Crippen LogP contribution in [0.3, 0.4) is 0 Å². The molecule has 1 aliphatic carbocycles. The predicted octanol–water partition coefficient (Wildman–Crippen LogP) is 4.00. The number of hydrogen-bond donors (Lipinski definition) is 4. The number of nitrogens with zero attached hydrogens (tertiary/aromatic N) is 1. The second kappa shape index (κ2) is 8.88. The van der Waals surface area contributed by atoms with Crippen LogP contribution >= 0.6 is 0 Å². The van der Waals surface area contributed by atoms with Crippen LogP contribution in [0, 0.1) is 17.6 Å². The molecule has 176 valence electrons. The van der Waals surface area contributed by atoms with E-state index >= 15 is 0 Å². The van der Waals surface area contributed by atoms with Gasteiger partial charge in [-0.25, -0.2) is 22.8 Å². The molecule has 0 bridgehead atoms. The molecule has 2 aromatic carbocycles. The number of carbonyl (C=O) groups excluding carboxylic acids is 1. The Hall–Kier alpha value is -3.77. The van der Waals surface area contributed by atoms with Crippen molar-refractivity contribution in [2.75, 3.05) is 16.6 Å². The van der Waals surface area contributed by atoms with Gasteiger partial charge in [0, 0.05) is 29.1 Å². The van der Waals surface area contributed by atoms with E-state index in [-0.39, 0.29) is 41.6 Å². The van der Waals surface area contributed by atoms with Crippen molar-refractivity contribution >= 4 is 28.8 Å². The Labute approximate surface area is 194 Å². The van der Waals surface area contributed by atoms with E-state index < -0.39 is 28.9 Å². The Morgan fingerprint density at radius 2 is 1.82 bits per heavy atom. The number of fused-ring (bicyclic) bond motifs is 3. The fourth-order valence-corrected chi connectivity index (χ4v) is 4.34. The average Bonchev–Trinajstić information content (AvgIpc) is 3.51. The number of benzene rings is 2. The lowest BCUT2D eigenvalue weighted by molar-refractivity contribution is 0.247. The van der Waals surface area contributed by atoms with Crippen LogP contribution in [-0.4, -0.2) is 32.4 Å². The summed E-state index contributed by atoms with van der Waals surface area (Å²) in [5.41, 5.74) is 0.616. The van der Waals surface area contributed by atoms with Gasteiger partial charge in [-0.2, -0.15) is 0 Å². The number of carbonyl (C=O) groups is 1. The van der Waals surface area contributed by atoms with Gasteiger partial charge in [0.15, 0.2) is 11.6 Å². The molecular formula is C22H18F2N4O5S. The minimum absolute atomic E-state index is 0.0857. The number of halogens is 2. The number of aromatic nitrogens is 1. The van der Waals surface area contributed by atoms with Gasteiger partial charge in [0.25, 0.3) is 11.3 Å². The number of rotatable bonds is 6. The van der Waals surface area contributed by atoms with Gasteiger partial charge in [-0.1, -0.05) is 0 Å². The Balaban J connectivity index is 1.16. The first-order valence-corrected chi connectivity index (χ1v) is 11.3. The third-order valence-electron chi connectivity index (χ3n) is 5.59. The topological polar surface area (TPSA) is 122 Å². The Morgan fingerprint density at radius 1 is 1.09 bits per heavy atom. The molecule has 2 amide bonds. The van der Waals surface area contributed by atoms with Gasteiger partial charge < -0.3 is 14.8 Å². The lowest BCUT2D eigenvalue weighted by atomic mass is 10.0. The third-order valence-corrected chi connectivity index (χ3v) is 6.00. The second-order valence-corrected chi connectivity index (χ2v) is 8.46. The van der Waals surface area contributed by atoms with E-state index in [0.29, 0.717) is 17.2 Å². The third kappa shape index (κ3) is 4.50. The molecule has 0 radical (unpaired) electrons. The van der Waals surface area contributed by atoms with Gasteiger partial charge in [-0.3, -0.25) is 14.6 Å². The minimum Gasteiger partial charge on any atom is -0.490 e. The molecule has 2 aliphatic rings. The van der Waals surface area contributed by atoms with E-state index in [1.54, 1.807) is 36.4 Å².